The summed E-state index contributed by atoms with van der Waals surface area (Å²) in [5, 5.41) is 11.2. The van der Waals surface area contributed by atoms with E-state index >= 15 is 0 Å². The first kappa shape index (κ1) is 15.6. The van der Waals surface area contributed by atoms with E-state index in [-0.39, 0.29) is 30.4 Å². The van der Waals surface area contributed by atoms with Crippen molar-refractivity contribution in [2.45, 2.75) is 6.92 Å². The summed E-state index contributed by atoms with van der Waals surface area (Å²) in [5.41, 5.74) is 7.44. The van der Waals surface area contributed by atoms with Crippen LogP contribution >= 0.6 is 0 Å². The molecule has 0 saturated carbocycles. The Hall–Kier alpha value is -2.80. The highest BCUT2D eigenvalue weighted by Gasteiger charge is 2.14. The molecule has 22 heavy (non-hydrogen) atoms. The predicted molar refractivity (Wildman–Crippen MR) is 81.3 cm³/mol. The number of aliphatic hydroxyl groups is 1. The Balaban J connectivity index is 2.32. The molecule has 114 valence electrons. The maximum absolute atomic E-state index is 11.9. The summed E-state index contributed by atoms with van der Waals surface area (Å²) in [5.74, 6) is -0.514. The molecule has 1 heterocycles. The molecule has 7 heteroatoms. The van der Waals surface area contributed by atoms with E-state index in [1.807, 2.05) is 0 Å². The highest BCUT2D eigenvalue weighted by molar-refractivity contribution is 5.97. The van der Waals surface area contributed by atoms with E-state index < -0.39 is 5.91 Å². The van der Waals surface area contributed by atoms with Crippen molar-refractivity contribution in [3.8, 4) is 11.3 Å². The second-order valence-corrected chi connectivity index (χ2v) is 4.60. The third-order valence-electron chi connectivity index (χ3n) is 3.00. The van der Waals surface area contributed by atoms with E-state index in [0.29, 0.717) is 16.8 Å². The van der Waals surface area contributed by atoms with Gasteiger partial charge in [0.1, 0.15) is 0 Å². The number of nitrogen functional groups attached to an aromatic ring is 1. The van der Waals surface area contributed by atoms with E-state index in [0.717, 1.165) is 0 Å². The van der Waals surface area contributed by atoms with Crippen molar-refractivity contribution in [2.24, 2.45) is 0 Å². The summed E-state index contributed by atoms with van der Waals surface area (Å²) in [6, 6.07) is 6.82. The smallest absolute Gasteiger partial charge is 0.273 e. The van der Waals surface area contributed by atoms with Crippen molar-refractivity contribution < 1.29 is 14.7 Å². The summed E-state index contributed by atoms with van der Waals surface area (Å²) in [6.07, 6.45) is 1.46. The van der Waals surface area contributed by atoms with Crippen LogP contribution in [0.2, 0.25) is 0 Å². The van der Waals surface area contributed by atoms with E-state index in [1.165, 1.54) is 13.1 Å². The number of nitrogens with zero attached hydrogens (tertiary/aromatic N) is 2. The van der Waals surface area contributed by atoms with Crippen molar-refractivity contribution in [2.75, 3.05) is 18.9 Å². The van der Waals surface area contributed by atoms with Gasteiger partial charge in [-0.1, -0.05) is 24.3 Å². The predicted octanol–water partition coefficient (Wildman–Crippen LogP) is 0.650. The van der Waals surface area contributed by atoms with Crippen LogP contribution in [0.5, 0.6) is 0 Å². The quantitative estimate of drug-likeness (QED) is 0.698. The van der Waals surface area contributed by atoms with Gasteiger partial charge in [0.25, 0.3) is 5.91 Å². The SMILES string of the molecule is CC(=O)c1ccc(-c2cnc(N)c(C(=O)NCCO)n2)cc1. The van der Waals surface area contributed by atoms with Crippen molar-refractivity contribution in [3.05, 3.63) is 41.7 Å². The highest BCUT2D eigenvalue weighted by Crippen LogP contribution is 2.19. The second kappa shape index (κ2) is 6.77. The van der Waals surface area contributed by atoms with Crippen LogP contribution in [-0.2, 0) is 0 Å². The number of anilines is 1. The lowest BCUT2D eigenvalue weighted by atomic mass is 10.1. The second-order valence-electron chi connectivity index (χ2n) is 4.60. The van der Waals surface area contributed by atoms with Gasteiger partial charge in [-0.15, -0.1) is 0 Å². The van der Waals surface area contributed by atoms with Gasteiger partial charge in [-0.2, -0.15) is 0 Å². The number of aromatic nitrogens is 2. The number of rotatable bonds is 5. The fraction of sp³-hybridized carbons (Fsp3) is 0.200. The highest BCUT2D eigenvalue weighted by atomic mass is 16.3. The summed E-state index contributed by atoms with van der Waals surface area (Å²) in [7, 11) is 0. The van der Waals surface area contributed by atoms with Gasteiger partial charge >= 0.3 is 0 Å². The van der Waals surface area contributed by atoms with Gasteiger partial charge in [-0.25, -0.2) is 9.97 Å². The number of hydrogen-bond donors (Lipinski definition) is 3. The van der Waals surface area contributed by atoms with Gasteiger partial charge in [-0.05, 0) is 6.92 Å². The van der Waals surface area contributed by atoms with Gasteiger partial charge < -0.3 is 16.2 Å². The minimum Gasteiger partial charge on any atom is -0.395 e. The number of carbonyl (C=O) groups is 2. The first-order valence-electron chi connectivity index (χ1n) is 6.66. The van der Waals surface area contributed by atoms with Crippen molar-refractivity contribution in [3.63, 3.8) is 0 Å². The maximum atomic E-state index is 11.9. The van der Waals surface area contributed by atoms with Crippen LogP contribution in [-0.4, -0.2) is 39.9 Å². The third kappa shape index (κ3) is 3.44. The van der Waals surface area contributed by atoms with Crippen molar-refractivity contribution >= 4 is 17.5 Å². The molecule has 0 atom stereocenters. The molecule has 1 aromatic carbocycles. The molecule has 0 radical (unpaired) electrons. The zero-order valence-electron chi connectivity index (χ0n) is 12.0. The standard InChI is InChI=1S/C15H16N4O3/c1-9(21)10-2-4-11(5-3-10)12-8-18-14(16)13(19-12)15(22)17-6-7-20/h2-5,8,20H,6-7H2,1H3,(H2,16,18)(H,17,22). The fourth-order valence-electron chi connectivity index (χ4n) is 1.83. The number of hydrogen-bond acceptors (Lipinski definition) is 6. The Kier molecular flexibility index (Phi) is 4.80. The van der Waals surface area contributed by atoms with Crippen LogP contribution in [0.3, 0.4) is 0 Å². The molecule has 0 aliphatic heterocycles. The number of nitrogens with one attached hydrogen (secondary N) is 1. The van der Waals surface area contributed by atoms with Crippen LogP contribution in [0.25, 0.3) is 11.3 Å². The summed E-state index contributed by atoms with van der Waals surface area (Å²) >= 11 is 0. The Bertz CT molecular complexity index is 698. The average molecular weight is 300 g/mol. The minimum absolute atomic E-state index is 0.00148. The summed E-state index contributed by atoms with van der Waals surface area (Å²) in [6.45, 7) is 1.42. The molecule has 1 aromatic heterocycles. The normalized spacial score (nSPS) is 10.3. The van der Waals surface area contributed by atoms with Gasteiger partial charge in [-0.3, -0.25) is 9.59 Å². The zero-order chi connectivity index (χ0) is 16.1. The van der Waals surface area contributed by atoms with Gasteiger partial charge in [0.15, 0.2) is 17.3 Å². The van der Waals surface area contributed by atoms with Crippen molar-refractivity contribution in [1.82, 2.24) is 15.3 Å². The lowest BCUT2D eigenvalue weighted by molar-refractivity contribution is 0.0939. The molecule has 0 unspecified atom stereocenters. The molecule has 2 rings (SSSR count). The number of carbonyl (C=O) groups excluding carboxylic acids is 2. The molecule has 4 N–H and O–H groups in total. The Morgan fingerprint density at radius 3 is 2.55 bits per heavy atom. The summed E-state index contributed by atoms with van der Waals surface area (Å²) in [4.78, 5) is 31.3. The Morgan fingerprint density at radius 1 is 1.27 bits per heavy atom. The van der Waals surface area contributed by atoms with Crippen LogP contribution in [0.1, 0.15) is 27.8 Å². The molecule has 7 nitrogen and oxygen atoms in total. The topological polar surface area (TPSA) is 118 Å². The molecule has 0 aliphatic rings. The van der Waals surface area contributed by atoms with E-state index in [2.05, 4.69) is 15.3 Å². The fourth-order valence-corrected chi connectivity index (χ4v) is 1.83. The molecule has 0 aliphatic carbocycles. The van der Waals surface area contributed by atoms with Crippen LogP contribution in [0.15, 0.2) is 30.5 Å². The van der Waals surface area contributed by atoms with Crippen LogP contribution < -0.4 is 11.1 Å². The Morgan fingerprint density at radius 2 is 1.95 bits per heavy atom. The average Bonchev–Trinajstić information content (AvgIpc) is 2.53. The van der Waals surface area contributed by atoms with Gasteiger partial charge in [0.2, 0.25) is 0 Å². The number of aliphatic hydroxyl groups excluding tert-OH is 1. The van der Waals surface area contributed by atoms with Gasteiger partial charge in [0.05, 0.1) is 18.5 Å². The minimum atomic E-state index is -0.499. The molecule has 0 spiro atoms. The molecular weight excluding hydrogens is 284 g/mol. The molecule has 1 amide bonds. The first-order valence-corrected chi connectivity index (χ1v) is 6.66. The molecule has 0 fully saturated rings. The van der Waals surface area contributed by atoms with Gasteiger partial charge in [0, 0.05) is 17.7 Å². The Labute approximate surface area is 127 Å². The number of amides is 1. The largest absolute Gasteiger partial charge is 0.395 e. The van der Waals surface area contributed by atoms with E-state index in [4.69, 9.17) is 10.8 Å². The summed E-state index contributed by atoms with van der Waals surface area (Å²) < 4.78 is 0. The molecule has 2 aromatic rings. The van der Waals surface area contributed by atoms with Crippen molar-refractivity contribution in [1.29, 1.82) is 0 Å². The maximum Gasteiger partial charge on any atom is 0.273 e. The monoisotopic (exact) mass is 300 g/mol. The molecule has 0 saturated heterocycles. The number of ketones is 1. The first-order chi connectivity index (χ1) is 10.5. The number of Topliss-reactive ketones (excluding diaryl/α,β-unsaturated/α-hetero) is 1. The lowest BCUT2D eigenvalue weighted by Gasteiger charge is -2.07. The molecule has 0 bridgehead atoms. The zero-order valence-corrected chi connectivity index (χ0v) is 12.0. The third-order valence-corrected chi connectivity index (χ3v) is 3.00. The lowest BCUT2D eigenvalue weighted by Crippen LogP contribution is -2.28. The van der Waals surface area contributed by atoms with E-state index in [9.17, 15) is 9.59 Å². The van der Waals surface area contributed by atoms with Crippen LogP contribution in [0.4, 0.5) is 5.82 Å². The molecular formula is C15H16N4O3. The van der Waals surface area contributed by atoms with E-state index in [1.54, 1.807) is 24.3 Å². The van der Waals surface area contributed by atoms with Crippen LogP contribution in [0, 0.1) is 0 Å². The number of benzene rings is 1. The number of nitrogens with two attached hydrogens (primary N) is 1.